The zero-order chi connectivity index (χ0) is 19.0. The quantitative estimate of drug-likeness (QED) is 0.775. The first-order valence-corrected chi connectivity index (χ1v) is 9.71. The molecule has 1 saturated heterocycles. The highest BCUT2D eigenvalue weighted by Crippen LogP contribution is 2.58. The van der Waals surface area contributed by atoms with E-state index in [0.717, 1.165) is 40.8 Å². The predicted molar refractivity (Wildman–Crippen MR) is 103 cm³/mol. The van der Waals surface area contributed by atoms with E-state index in [1.807, 2.05) is 35.4 Å². The number of carbonyl (C=O) groups excluding carboxylic acids is 2. The summed E-state index contributed by atoms with van der Waals surface area (Å²) in [6.07, 6.45) is 4.39. The van der Waals surface area contributed by atoms with E-state index in [9.17, 15) is 9.59 Å². The number of nitrogens with zero attached hydrogens (tertiary/aromatic N) is 2. The van der Waals surface area contributed by atoms with E-state index in [4.69, 9.17) is 0 Å². The van der Waals surface area contributed by atoms with Crippen LogP contribution in [0.4, 0.5) is 4.79 Å². The number of ether oxygens (including phenoxy) is 1. The van der Waals surface area contributed by atoms with Gasteiger partial charge in [-0.15, -0.1) is 0 Å². The Hall–Kier alpha value is -2.35. The minimum Gasteiger partial charge on any atom is -0.453 e. The number of hydrogen-bond donors (Lipinski definition) is 2. The Kier molecular flexibility index (Phi) is 4.67. The molecule has 2 fully saturated rings. The number of H-pyrrole nitrogens is 1. The Morgan fingerprint density at radius 2 is 2.11 bits per heavy atom. The van der Waals surface area contributed by atoms with Crippen molar-refractivity contribution < 1.29 is 14.3 Å². The summed E-state index contributed by atoms with van der Waals surface area (Å²) in [5, 5.41) is 2.48. The fraction of sp³-hybridized carbons (Fsp3) is 0.421. The van der Waals surface area contributed by atoms with Gasteiger partial charge in [-0.05, 0) is 42.4 Å². The molecule has 0 unspecified atom stereocenters. The molecule has 2 N–H and O–H groups in total. The number of aromatic amines is 1. The number of halogens is 1. The van der Waals surface area contributed by atoms with Gasteiger partial charge in [-0.1, -0.05) is 28.1 Å². The number of amides is 2. The first kappa shape index (κ1) is 18.0. The molecular formula is C19H21BrN4O3. The maximum Gasteiger partial charge on any atom is 0.407 e. The van der Waals surface area contributed by atoms with Crippen LogP contribution in [0.3, 0.4) is 0 Å². The topological polar surface area (TPSA) is 87.3 Å². The molecule has 27 heavy (non-hydrogen) atoms. The minimum absolute atomic E-state index is 0.0699. The van der Waals surface area contributed by atoms with Crippen LogP contribution in [0.2, 0.25) is 0 Å². The average Bonchev–Trinajstić information content (AvgIpc) is 3.08. The van der Waals surface area contributed by atoms with Crippen molar-refractivity contribution in [2.45, 2.75) is 25.3 Å². The number of nitrogens with one attached hydrogen (secondary N) is 2. The van der Waals surface area contributed by atoms with Gasteiger partial charge in [0, 0.05) is 11.0 Å². The van der Waals surface area contributed by atoms with Crippen LogP contribution in [0.15, 0.2) is 34.9 Å². The fourth-order valence-electron chi connectivity index (χ4n) is 3.71. The van der Waals surface area contributed by atoms with Crippen molar-refractivity contribution >= 4 is 27.9 Å². The Balaban J connectivity index is 1.53. The highest BCUT2D eigenvalue weighted by Gasteiger charge is 2.54. The lowest BCUT2D eigenvalue weighted by atomic mass is 10.0. The van der Waals surface area contributed by atoms with Gasteiger partial charge in [-0.2, -0.15) is 0 Å². The third kappa shape index (κ3) is 3.71. The smallest absolute Gasteiger partial charge is 0.407 e. The summed E-state index contributed by atoms with van der Waals surface area (Å²) in [6, 6.07) is 7.91. The Labute approximate surface area is 165 Å². The number of imidazole rings is 1. The maximum atomic E-state index is 12.7. The Morgan fingerprint density at radius 1 is 1.37 bits per heavy atom. The second-order valence-electron chi connectivity index (χ2n) is 7.28. The SMILES string of the molecule is COC(=O)NCC(=O)N1CC2(CC2)C[C@@H]1c1ncc(-c2ccc(Br)cc2)[nH]1. The molecule has 2 heterocycles. The van der Waals surface area contributed by atoms with E-state index in [0.29, 0.717) is 6.54 Å². The number of methoxy groups -OCH3 is 1. The van der Waals surface area contributed by atoms with Crippen LogP contribution < -0.4 is 5.32 Å². The molecule has 1 aliphatic carbocycles. The van der Waals surface area contributed by atoms with Crippen molar-refractivity contribution in [3.05, 3.63) is 40.8 Å². The molecule has 1 aliphatic heterocycles. The van der Waals surface area contributed by atoms with E-state index in [1.165, 1.54) is 7.11 Å². The lowest BCUT2D eigenvalue weighted by molar-refractivity contribution is -0.131. The van der Waals surface area contributed by atoms with Gasteiger partial charge in [-0.3, -0.25) is 4.79 Å². The number of alkyl carbamates (subject to hydrolysis) is 1. The number of carbonyl (C=O) groups is 2. The molecule has 4 rings (SSSR count). The molecule has 1 atom stereocenters. The minimum atomic E-state index is -0.601. The van der Waals surface area contributed by atoms with Gasteiger partial charge in [0.15, 0.2) is 0 Å². The monoisotopic (exact) mass is 432 g/mol. The molecule has 2 aliphatic rings. The molecule has 2 amide bonds. The Bertz CT molecular complexity index is 860. The van der Waals surface area contributed by atoms with Gasteiger partial charge in [0.2, 0.25) is 5.91 Å². The molecule has 1 saturated carbocycles. The second-order valence-corrected chi connectivity index (χ2v) is 8.19. The van der Waals surface area contributed by atoms with Crippen molar-refractivity contribution in [2.75, 3.05) is 20.2 Å². The number of hydrogen-bond acceptors (Lipinski definition) is 4. The second kappa shape index (κ2) is 6.99. The van der Waals surface area contributed by atoms with Crippen molar-refractivity contribution in [1.29, 1.82) is 0 Å². The summed E-state index contributed by atoms with van der Waals surface area (Å²) in [5.41, 5.74) is 2.19. The van der Waals surface area contributed by atoms with Crippen LogP contribution in [0.5, 0.6) is 0 Å². The third-order valence-corrected chi connectivity index (χ3v) is 5.95. The van der Waals surface area contributed by atoms with Crippen LogP contribution in [0, 0.1) is 5.41 Å². The number of likely N-dealkylation sites (tertiary alicyclic amines) is 1. The van der Waals surface area contributed by atoms with Gasteiger partial charge < -0.3 is 19.9 Å². The predicted octanol–water partition coefficient (Wildman–Crippen LogP) is 3.25. The molecule has 0 bridgehead atoms. The molecule has 7 nitrogen and oxygen atoms in total. The lowest BCUT2D eigenvalue weighted by Crippen LogP contribution is -2.40. The van der Waals surface area contributed by atoms with E-state index >= 15 is 0 Å². The number of benzene rings is 1. The third-order valence-electron chi connectivity index (χ3n) is 5.42. The van der Waals surface area contributed by atoms with Crippen molar-refractivity contribution in [3.63, 3.8) is 0 Å². The largest absolute Gasteiger partial charge is 0.453 e. The molecule has 1 aromatic heterocycles. The molecular weight excluding hydrogens is 412 g/mol. The fourth-order valence-corrected chi connectivity index (χ4v) is 3.97. The zero-order valence-corrected chi connectivity index (χ0v) is 16.6. The first-order chi connectivity index (χ1) is 13.0. The van der Waals surface area contributed by atoms with Crippen molar-refractivity contribution in [2.24, 2.45) is 5.41 Å². The Morgan fingerprint density at radius 3 is 2.78 bits per heavy atom. The highest BCUT2D eigenvalue weighted by atomic mass is 79.9. The maximum absolute atomic E-state index is 12.7. The summed E-state index contributed by atoms with van der Waals surface area (Å²) in [4.78, 5) is 33.8. The first-order valence-electron chi connectivity index (χ1n) is 8.92. The van der Waals surface area contributed by atoms with Gasteiger partial charge >= 0.3 is 6.09 Å². The molecule has 1 aromatic carbocycles. The average molecular weight is 433 g/mol. The summed E-state index contributed by atoms with van der Waals surface area (Å²) in [5.74, 6) is 0.680. The van der Waals surface area contributed by atoms with Gasteiger partial charge in [0.05, 0.1) is 25.0 Å². The van der Waals surface area contributed by atoms with Crippen LogP contribution in [-0.4, -0.2) is 47.1 Å². The van der Waals surface area contributed by atoms with E-state index < -0.39 is 6.09 Å². The van der Waals surface area contributed by atoms with Crippen LogP contribution in [-0.2, 0) is 9.53 Å². The highest BCUT2D eigenvalue weighted by molar-refractivity contribution is 9.10. The standard InChI is InChI=1S/C19H21BrN4O3/c1-27-18(26)22-10-16(25)24-11-19(6-7-19)8-15(24)17-21-9-14(23-17)12-2-4-13(20)5-3-12/h2-5,9,15H,6-8,10-11H2,1H3,(H,21,23)(H,22,26)/t15-/m1/s1. The van der Waals surface area contributed by atoms with Crippen LogP contribution in [0.25, 0.3) is 11.3 Å². The van der Waals surface area contributed by atoms with Gasteiger partial charge in [-0.25, -0.2) is 9.78 Å². The summed E-state index contributed by atoms with van der Waals surface area (Å²) < 4.78 is 5.57. The zero-order valence-electron chi connectivity index (χ0n) is 15.0. The summed E-state index contributed by atoms with van der Waals surface area (Å²) in [6.45, 7) is 0.646. The van der Waals surface area contributed by atoms with Crippen molar-refractivity contribution in [1.82, 2.24) is 20.2 Å². The summed E-state index contributed by atoms with van der Waals surface area (Å²) in [7, 11) is 1.28. The number of rotatable bonds is 4. The molecule has 1 spiro atoms. The van der Waals surface area contributed by atoms with Crippen LogP contribution >= 0.6 is 15.9 Å². The molecule has 8 heteroatoms. The van der Waals surface area contributed by atoms with E-state index in [2.05, 4.69) is 36.0 Å². The van der Waals surface area contributed by atoms with Crippen molar-refractivity contribution in [3.8, 4) is 11.3 Å². The number of aromatic nitrogens is 2. The molecule has 0 radical (unpaired) electrons. The molecule has 142 valence electrons. The normalized spacial score (nSPS) is 19.9. The van der Waals surface area contributed by atoms with Gasteiger partial charge in [0.25, 0.3) is 0 Å². The van der Waals surface area contributed by atoms with Crippen LogP contribution in [0.1, 0.15) is 31.1 Å². The lowest BCUT2D eigenvalue weighted by Gasteiger charge is -2.23. The van der Waals surface area contributed by atoms with E-state index in [-0.39, 0.29) is 23.9 Å². The van der Waals surface area contributed by atoms with E-state index in [1.54, 1.807) is 0 Å². The summed E-state index contributed by atoms with van der Waals surface area (Å²) >= 11 is 3.44. The van der Waals surface area contributed by atoms with Gasteiger partial charge in [0.1, 0.15) is 12.4 Å². The molecule has 2 aromatic rings.